The van der Waals surface area contributed by atoms with Crippen LogP contribution in [0.5, 0.6) is 0 Å². The van der Waals surface area contributed by atoms with Crippen LogP contribution in [0.3, 0.4) is 0 Å². The SMILES string of the molecule is Nc1ccc(NC(=O)c2ccc(-n3cnnn3)cc2)cc1. The van der Waals surface area contributed by atoms with Gasteiger partial charge in [0.2, 0.25) is 0 Å². The number of anilines is 2. The zero-order valence-corrected chi connectivity index (χ0v) is 11.0. The molecule has 1 amide bonds. The van der Waals surface area contributed by atoms with Crippen LogP contribution in [0.15, 0.2) is 54.9 Å². The largest absolute Gasteiger partial charge is 0.399 e. The molecule has 0 aliphatic heterocycles. The van der Waals surface area contributed by atoms with Crippen LogP contribution in [0.1, 0.15) is 10.4 Å². The van der Waals surface area contributed by atoms with Gasteiger partial charge in [-0.05, 0) is 59.0 Å². The predicted molar refractivity (Wildman–Crippen MR) is 78.0 cm³/mol. The summed E-state index contributed by atoms with van der Waals surface area (Å²) in [6, 6.07) is 13.9. The second-order valence-corrected chi connectivity index (χ2v) is 4.38. The number of aromatic nitrogens is 4. The lowest BCUT2D eigenvalue weighted by Crippen LogP contribution is -2.12. The number of carbonyl (C=O) groups excluding carboxylic acids is 1. The van der Waals surface area contributed by atoms with E-state index in [1.54, 1.807) is 48.5 Å². The minimum atomic E-state index is -0.192. The molecule has 0 saturated heterocycles. The number of rotatable bonds is 3. The molecule has 104 valence electrons. The highest BCUT2D eigenvalue weighted by molar-refractivity contribution is 6.04. The number of hydrogen-bond donors (Lipinski definition) is 2. The number of nitrogens with zero attached hydrogens (tertiary/aromatic N) is 4. The second kappa shape index (κ2) is 5.41. The zero-order valence-electron chi connectivity index (χ0n) is 11.0. The van der Waals surface area contributed by atoms with Crippen LogP contribution in [0, 0.1) is 0 Å². The first-order valence-electron chi connectivity index (χ1n) is 6.23. The van der Waals surface area contributed by atoms with Crippen molar-refractivity contribution >= 4 is 17.3 Å². The molecule has 3 rings (SSSR count). The van der Waals surface area contributed by atoms with Gasteiger partial charge in [-0.1, -0.05) is 0 Å². The third kappa shape index (κ3) is 2.86. The molecule has 3 aromatic rings. The molecule has 0 aliphatic rings. The third-order valence-electron chi connectivity index (χ3n) is 2.91. The molecule has 0 saturated carbocycles. The maximum atomic E-state index is 12.1. The molecule has 2 aromatic carbocycles. The number of tetrazole rings is 1. The summed E-state index contributed by atoms with van der Waals surface area (Å²) in [5.74, 6) is -0.192. The molecule has 0 fully saturated rings. The maximum absolute atomic E-state index is 12.1. The Balaban J connectivity index is 1.74. The van der Waals surface area contributed by atoms with Crippen LogP contribution >= 0.6 is 0 Å². The fourth-order valence-electron chi connectivity index (χ4n) is 1.81. The zero-order chi connectivity index (χ0) is 14.7. The van der Waals surface area contributed by atoms with Crippen molar-refractivity contribution < 1.29 is 4.79 Å². The first-order chi connectivity index (χ1) is 10.2. The van der Waals surface area contributed by atoms with Crippen molar-refractivity contribution in [3.05, 3.63) is 60.4 Å². The summed E-state index contributed by atoms with van der Waals surface area (Å²) >= 11 is 0. The van der Waals surface area contributed by atoms with Crippen LogP contribution in [-0.2, 0) is 0 Å². The van der Waals surface area contributed by atoms with E-state index in [0.717, 1.165) is 5.69 Å². The molecule has 7 nitrogen and oxygen atoms in total. The molecule has 1 aromatic heterocycles. The van der Waals surface area contributed by atoms with Gasteiger partial charge in [-0.15, -0.1) is 5.10 Å². The Morgan fingerprint density at radius 1 is 1.05 bits per heavy atom. The molecule has 0 spiro atoms. The van der Waals surface area contributed by atoms with E-state index >= 15 is 0 Å². The molecular formula is C14H12N6O. The van der Waals surface area contributed by atoms with Crippen molar-refractivity contribution in [1.82, 2.24) is 20.2 Å². The summed E-state index contributed by atoms with van der Waals surface area (Å²) in [7, 11) is 0. The van der Waals surface area contributed by atoms with Crippen LogP contribution in [0.2, 0.25) is 0 Å². The van der Waals surface area contributed by atoms with Gasteiger partial charge in [0.1, 0.15) is 6.33 Å². The topological polar surface area (TPSA) is 98.7 Å². The van der Waals surface area contributed by atoms with Crippen molar-refractivity contribution in [2.45, 2.75) is 0 Å². The summed E-state index contributed by atoms with van der Waals surface area (Å²) < 4.78 is 1.52. The average Bonchev–Trinajstić information content (AvgIpc) is 3.04. The minimum Gasteiger partial charge on any atom is -0.399 e. The molecule has 0 bridgehead atoms. The van der Waals surface area contributed by atoms with E-state index in [0.29, 0.717) is 16.9 Å². The third-order valence-corrected chi connectivity index (χ3v) is 2.91. The van der Waals surface area contributed by atoms with E-state index < -0.39 is 0 Å². The van der Waals surface area contributed by atoms with Gasteiger partial charge in [0, 0.05) is 16.9 Å². The number of nitrogens with two attached hydrogens (primary N) is 1. The van der Waals surface area contributed by atoms with Gasteiger partial charge >= 0.3 is 0 Å². The number of amides is 1. The molecule has 1 heterocycles. The summed E-state index contributed by atoms with van der Waals surface area (Å²) in [6.45, 7) is 0. The van der Waals surface area contributed by atoms with Gasteiger partial charge in [-0.25, -0.2) is 4.68 Å². The first kappa shape index (κ1) is 12.8. The Kier molecular flexibility index (Phi) is 3.30. The molecule has 3 N–H and O–H groups in total. The highest BCUT2D eigenvalue weighted by Gasteiger charge is 2.06. The normalized spacial score (nSPS) is 10.3. The standard InChI is InChI=1S/C14H12N6O/c15-11-3-5-12(6-4-11)17-14(21)10-1-7-13(8-2-10)20-9-16-18-19-20/h1-9H,15H2,(H,17,21). The Bertz CT molecular complexity index is 734. The highest BCUT2D eigenvalue weighted by atomic mass is 16.1. The monoisotopic (exact) mass is 280 g/mol. The van der Waals surface area contributed by atoms with E-state index in [2.05, 4.69) is 20.8 Å². The van der Waals surface area contributed by atoms with E-state index in [-0.39, 0.29) is 5.91 Å². The predicted octanol–water partition coefficient (Wildman–Crippen LogP) is 1.50. The number of carbonyl (C=O) groups is 1. The van der Waals surface area contributed by atoms with E-state index in [9.17, 15) is 4.79 Å². The summed E-state index contributed by atoms with van der Waals surface area (Å²) in [5, 5.41) is 13.7. The van der Waals surface area contributed by atoms with Gasteiger partial charge in [-0.2, -0.15) is 0 Å². The highest BCUT2D eigenvalue weighted by Crippen LogP contribution is 2.13. The van der Waals surface area contributed by atoms with Crippen LogP contribution in [0.25, 0.3) is 5.69 Å². The Labute approximate surface area is 120 Å². The van der Waals surface area contributed by atoms with E-state index in [1.165, 1.54) is 11.0 Å². The van der Waals surface area contributed by atoms with Gasteiger partial charge in [0.05, 0.1) is 5.69 Å². The van der Waals surface area contributed by atoms with Gasteiger partial charge in [0.15, 0.2) is 0 Å². The number of benzene rings is 2. The molecule has 0 aliphatic carbocycles. The summed E-state index contributed by atoms with van der Waals surface area (Å²) in [5.41, 5.74) is 8.27. The van der Waals surface area contributed by atoms with Gasteiger partial charge < -0.3 is 11.1 Å². The van der Waals surface area contributed by atoms with E-state index in [4.69, 9.17) is 5.73 Å². The molecule has 0 unspecified atom stereocenters. The Hall–Kier alpha value is -3.22. The first-order valence-corrected chi connectivity index (χ1v) is 6.23. The van der Waals surface area contributed by atoms with Gasteiger partial charge in [-0.3, -0.25) is 4.79 Å². The summed E-state index contributed by atoms with van der Waals surface area (Å²) in [6.07, 6.45) is 1.49. The summed E-state index contributed by atoms with van der Waals surface area (Å²) in [4.78, 5) is 12.1. The van der Waals surface area contributed by atoms with Crippen molar-refractivity contribution in [3.8, 4) is 5.69 Å². The Morgan fingerprint density at radius 3 is 2.38 bits per heavy atom. The molecule has 21 heavy (non-hydrogen) atoms. The van der Waals surface area contributed by atoms with Crippen LogP contribution < -0.4 is 11.1 Å². The van der Waals surface area contributed by atoms with Gasteiger partial charge in [0.25, 0.3) is 5.91 Å². The Morgan fingerprint density at radius 2 is 1.76 bits per heavy atom. The van der Waals surface area contributed by atoms with E-state index in [1.807, 2.05) is 0 Å². The lowest BCUT2D eigenvalue weighted by Gasteiger charge is -2.06. The molecule has 7 heteroatoms. The van der Waals surface area contributed by atoms with Crippen molar-refractivity contribution in [2.24, 2.45) is 0 Å². The maximum Gasteiger partial charge on any atom is 0.255 e. The van der Waals surface area contributed by atoms with Crippen molar-refractivity contribution in [3.63, 3.8) is 0 Å². The molecule has 0 radical (unpaired) electrons. The minimum absolute atomic E-state index is 0.192. The lowest BCUT2D eigenvalue weighted by atomic mass is 10.2. The van der Waals surface area contributed by atoms with Crippen LogP contribution in [-0.4, -0.2) is 26.1 Å². The lowest BCUT2D eigenvalue weighted by molar-refractivity contribution is 0.102. The number of nitrogen functional groups attached to an aromatic ring is 1. The average molecular weight is 280 g/mol. The fourth-order valence-corrected chi connectivity index (χ4v) is 1.81. The van der Waals surface area contributed by atoms with Crippen molar-refractivity contribution in [1.29, 1.82) is 0 Å². The van der Waals surface area contributed by atoms with Crippen molar-refractivity contribution in [2.75, 3.05) is 11.1 Å². The quantitative estimate of drug-likeness (QED) is 0.708. The molecule has 0 atom stereocenters. The van der Waals surface area contributed by atoms with Crippen LogP contribution in [0.4, 0.5) is 11.4 Å². The number of hydrogen-bond acceptors (Lipinski definition) is 5. The molecular weight excluding hydrogens is 268 g/mol. The number of nitrogens with one attached hydrogen (secondary N) is 1. The smallest absolute Gasteiger partial charge is 0.255 e. The fraction of sp³-hybridized carbons (Fsp3) is 0. The second-order valence-electron chi connectivity index (χ2n) is 4.38.